The van der Waals surface area contributed by atoms with E-state index in [-0.39, 0.29) is 5.41 Å². The first-order valence-electron chi connectivity index (χ1n) is 10.6. The Balaban J connectivity index is 1.76. The molecule has 0 N–H and O–H groups in total. The van der Waals surface area contributed by atoms with Crippen LogP contribution in [-0.4, -0.2) is 29.0 Å². The minimum atomic E-state index is 0.246. The summed E-state index contributed by atoms with van der Waals surface area (Å²) in [6.45, 7) is 8.63. The lowest BCUT2D eigenvalue weighted by molar-refractivity contribution is -0.757. The molecule has 1 unspecified atom stereocenters. The van der Waals surface area contributed by atoms with E-state index in [4.69, 9.17) is 0 Å². The summed E-state index contributed by atoms with van der Waals surface area (Å²) in [6, 6.07) is 0. The van der Waals surface area contributed by atoms with Crippen LogP contribution in [0.4, 0.5) is 0 Å². The van der Waals surface area contributed by atoms with Gasteiger partial charge in [-0.05, 0) is 55.8 Å². The number of quaternary nitrogens is 1. The lowest BCUT2D eigenvalue weighted by Crippen LogP contribution is -2.61. The standard InChI is InChI=1S/C22H36NOS/c1-5-13-25-23(4)15-17-18-7-6-10-21(18,2)11-9-19(17)22(3)12-8-16(24)14-20(22)23/h14,17-19H,5-13,15H2,1-4H3/q+1/t17-,18-,19-,21-,22+,23?/m0/s1. The van der Waals surface area contributed by atoms with E-state index in [0.29, 0.717) is 11.2 Å². The molecule has 1 heterocycles. The quantitative estimate of drug-likeness (QED) is 0.481. The summed E-state index contributed by atoms with van der Waals surface area (Å²) in [4.78, 5) is 12.3. The zero-order valence-corrected chi connectivity index (χ0v) is 17.5. The minimum Gasteiger partial charge on any atom is -0.295 e. The molecule has 3 aliphatic carbocycles. The third-order valence-corrected chi connectivity index (χ3v) is 9.97. The highest BCUT2D eigenvalue weighted by Crippen LogP contribution is 2.66. The first-order chi connectivity index (χ1) is 11.8. The zero-order valence-electron chi connectivity index (χ0n) is 16.6. The lowest BCUT2D eigenvalue weighted by Gasteiger charge is -2.60. The van der Waals surface area contributed by atoms with Gasteiger partial charge in [0.25, 0.3) is 0 Å². The summed E-state index contributed by atoms with van der Waals surface area (Å²) in [6.07, 6.45) is 12.3. The Hall–Kier alpha value is -0.280. The molecule has 2 nitrogen and oxygen atoms in total. The van der Waals surface area contributed by atoms with Gasteiger partial charge in [0, 0.05) is 29.6 Å². The van der Waals surface area contributed by atoms with Crippen LogP contribution in [0.15, 0.2) is 11.8 Å². The van der Waals surface area contributed by atoms with Gasteiger partial charge in [-0.25, -0.2) is 3.89 Å². The number of hydrogen-bond donors (Lipinski definition) is 0. The Morgan fingerprint density at radius 3 is 2.76 bits per heavy atom. The summed E-state index contributed by atoms with van der Waals surface area (Å²) >= 11 is 2.09. The third kappa shape index (κ3) is 2.67. The Bertz CT molecular complexity index is 601. The van der Waals surface area contributed by atoms with E-state index in [1.54, 1.807) is 0 Å². The van der Waals surface area contributed by atoms with E-state index in [2.05, 4.69) is 45.8 Å². The molecule has 3 heteroatoms. The Morgan fingerprint density at radius 2 is 2.00 bits per heavy atom. The monoisotopic (exact) mass is 362 g/mol. The van der Waals surface area contributed by atoms with Gasteiger partial charge in [0.05, 0.1) is 25.5 Å². The van der Waals surface area contributed by atoms with Crippen molar-refractivity contribution >= 4 is 17.7 Å². The van der Waals surface area contributed by atoms with Gasteiger partial charge >= 0.3 is 0 Å². The molecular weight excluding hydrogens is 326 g/mol. The molecule has 0 aromatic rings. The Kier molecular flexibility index (Phi) is 4.43. The molecule has 6 atom stereocenters. The van der Waals surface area contributed by atoms with Crippen LogP contribution in [0.5, 0.6) is 0 Å². The molecule has 4 aliphatic rings. The fourth-order valence-electron chi connectivity index (χ4n) is 7.19. The van der Waals surface area contributed by atoms with Crippen molar-refractivity contribution in [1.29, 1.82) is 0 Å². The molecule has 0 aromatic heterocycles. The molecule has 1 aliphatic heterocycles. The van der Waals surface area contributed by atoms with Gasteiger partial charge in [-0.3, -0.25) is 4.79 Å². The van der Waals surface area contributed by atoms with Crippen molar-refractivity contribution in [3.8, 4) is 0 Å². The SMILES string of the molecule is CCCS[N+]1(C)C[C@H]2[C@@H]3CCC[C@@]3(C)CC[C@@H]2[C@@]2(C)CCC(=O)C=C21. The molecule has 4 rings (SSSR count). The van der Waals surface area contributed by atoms with E-state index >= 15 is 0 Å². The van der Waals surface area contributed by atoms with Crippen LogP contribution in [-0.2, 0) is 4.79 Å². The van der Waals surface area contributed by atoms with E-state index in [1.807, 2.05) is 0 Å². The second kappa shape index (κ2) is 6.12. The number of rotatable bonds is 3. The highest BCUT2D eigenvalue weighted by atomic mass is 32.2. The van der Waals surface area contributed by atoms with Gasteiger partial charge in [0.1, 0.15) is 5.70 Å². The highest BCUT2D eigenvalue weighted by Gasteiger charge is 2.63. The smallest absolute Gasteiger partial charge is 0.161 e. The van der Waals surface area contributed by atoms with Crippen molar-refractivity contribution in [1.82, 2.24) is 0 Å². The molecule has 1 saturated heterocycles. The first-order valence-corrected chi connectivity index (χ1v) is 11.5. The number of likely N-dealkylation sites (tertiary alicyclic amines) is 1. The van der Waals surface area contributed by atoms with Crippen LogP contribution in [0.1, 0.15) is 72.1 Å². The normalized spacial score (nSPS) is 49.2. The number of carbonyl (C=O) groups excluding carboxylic acids is 1. The Morgan fingerprint density at radius 1 is 1.20 bits per heavy atom. The van der Waals surface area contributed by atoms with Crippen molar-refractivity contribution in [2.75, 3.05) is 19.3 Å². The molecule has 0 aromatic carbocycles. The van der Waals surface area contributed by atoms with Crippen molar-refractivity contribution in [2.45, 2.75) is 72.1 Å². The predicted octanol–water partition coefficient (Wildman–Crippen LogP) is 5.59. The first kappa shape index (κ1) is 18.1. The van der Waals surface area contributed by atoms with Gasteiger partial charge in [0.2, 0.25) is 0 Å². The van der Waals surface area contributed by atoms with Crippen LogP contribution < -0.4 is 0 Å². The maximum Gasteiger partial charge on any atom is 0.161 e. The largest absolute Gasteiger partial charge is 0.295 e. The van der Waals surface area contributed by atoms with Crippen LogP contribution in [0.3, 0.4) is 0 Å². The lowest BCUT2D eigenvalue weighted by atomic mass is 9.50. The maximum absolute atomic E-state index is 12.3. The molecule has 0 spiro atoms. The highest BCUT2D eigenvalue weighted by molar-refractivity contribution is 7.93. The summed E-state index contributed by atoms with van der Waals surface area (Å²) in [5.74, 6) is 4.13. The number of allylic oxidation sites excluding steroid dienone is 2. The van der Waals surface area contributed by atoms with E-state index in [1.165, 1.54) is 56.5 Å². The molecule has 0 radical (unpaired) electrons. The van der Waals surface area contributed by atoms with Crippen molar-refractivity contribution in [2.24, 2.45) is 28.6 Å². The van der Waals surface area contributed by atoms with Crippen molar-refractivity contribution in [3.63, 3.8) is 0 Å². The van der Waals surface area contributed by atoms with E-state index in [9.17, 15) is 4.79 Å². The molecule has 140 valence electrons. The number of ketones is 1. The third-order valence-electron chi connectivity index (χ3n) is 8.46. The molecular formula is C22H36NOS+. The predicted molar refractivity (Wildman–Crippen MR) is 106 cm³/mol. The summed E-state index contributed by atoms with van der Waals surface area (Å²) in [5, 5.41) is 0. The van der Waals surface area contributed by atoms with E-state index in [0.717, 1.165) is 34.5 Å². The van der Waals surface area contributed by atoms with Crippen LogP contribution in [0.25, 0.3) is 0 Å². The number of carbonyl (C=O) groups is 1. The van der Waals surface area contributed by atoms with Gasteiger partial charge in [-0.15, -0.1) is 0 Å². The fraction of sp³-hybridized carbons (Fsp3) is 0.864. The van der Waals surface area contributed by atoms with Crippen molar-refractivity contribution < 1.29 is 8.68 Å². The minimum absolute atomic E-state index is 0.246. The molecule has 0 amide bonds. The summed E-state index contributed by atoms with van der Waals surface area (Å²) < 4.78 is 0.976. The Labute approximate surface area is 158 Å². The van der Waals surface area contributed by atoms with Crippen LogP contribution in [0, 0.1) is 28.6 Å². The van der Waals surface area contributed by atoms with Gasteiger partial charge in [-0.1, -0.05) is 27.2 Å². The maximum atomic E-state index is 12.3. The number of nitrogens with zero attached hydrogens (tertiary/aromatic N) is 1. The van der Waals surface area contributed by atoms with Gasteiger partial charge < -0.3 is 0 Å². The van der Waals surface area contributed by atoms with E-state index < -0.39 is 0 Å². The molecule has 3 fully saturated rings. The molecule has 2 saturated carbocycles. The van der Waals surface area contributed by atoms with Crippen molar-refractivity contribution in [3.05, 3.63) is 11.8 Å². The van der Waals surface area contributed by atoms with Gasteiger partial charge in [0.15, 0.2) is 5.78 Å². The second-order valence-electron chi connectivity index (χ2n) is 9.99. The van der Waals surface area contributed by atoms with Gasteiger partial charge in [-0.2, -0.15) is 0 Å². The average Bonchev–Trinajstić information content (AvgIpc) is 2.97. The summed E-state index contributed by atoms with van der Waals surface area (Å²) in [7, 11) is 2.42. The number of piperidine rings is 1. The zero-order chi connectivity index (χ0) is 17.9. The van der Waals surface area contributed by atoms with Crippen LogP contribution >= 0.6 is 11.9 Å². The number of fused-ring (bicyclic) bond motifs is 5. The molecule has 0 bridgehead atoms. The summed E-state index contributed by atoms with van der Waals surface area (Å²) in [5.41, 5.74) is 2.31. The average molecular weight is 363 g/mol. The topological polar surface area (TPSA) is 17.1 Å². The van der Waals surface area contributed by atoms with Crippen LogP contribution in [0.2, 0.25) is 0 Å². The number of hydrogen-bond acceptors (Lipinski definition) is 2. The molecule has 25 heavy (non-hydrogen) atoms. The second-order valence-corrected chi connectivity index (χ2v) is 11.5. The fourth-order valence-corrected chi connectivity index (χ4v) is 8.46.